The van der Waals surface area contributed by atoms with E-state index in [-0.39, 0.29) is 5.41 Å². The van der Waals surface area contributed by atoms with Gasteiger partial charge in [-0.3, -0.25) is 0 Å². The summed E-state index contributed by atoms with van der Waals surface area (Å²) in [5.41, 5.74) is 1.53. The highest BCUT2D eigenvalue weighted by atomic mass is 16.5. The van der Waals surface area contributed by atoms with Crippen LogP contribution in [0.1, 0.15) is 37.7 Å². The SMILES string of the molecule is COc1cccc([C@]23CCC[C@H](NCC2)[C@@H]3CC#N)c1. The normalized spacial score (nSPS) is 32.4. The molecule has 0 unspecified atom stereocenters. The Bertz CT molecular complexity index is 510. The molecule has 2 fully saturated rings. The van der Waals surface area contributed by atoms with Crippen LogP contribution in [0.25, 0.3) is 0 Å². The van der Waals surface area contributed by atoms with Crippen LogP contribution in [0, 0.1) is 17.2 Å². The molecule has 2 aliphatic rings. The second-order valence-electron chi connectivity index (χ2n) is 6.06. The van der Waals surface area contributed by atoms with Crippen molar-refractivity contribution in [3.8, 4) is 11.8 Å². The molecule has 1 aliphatic carbocycles. The number of ether oxygens (including phenoxy) is 1. The van der Waals surface area contributed by atoms with Crippen LogP contribution in [0.4, 0.5) is 0 Å². The van der Waals surface area contributed by atoms with Gasteiger partial charge in [0.25, 0.3) is 0 Å². The van der Waals surface area contributed by atoms with Crippen molar-refractivity contribution in [3.63, 3.8) is 0 Å². The van der Waals surface area contributed by atoms with Crippen molar-refractivity contribution in [2.24, 2.45) is 5.92 Å². The first-order chi connectivity index (χ1) is 9.80. The molecule has 3 atom stereocenters. The summed E-state index contributed by atoms with van der Waals surface area (Å²) in [6, 6.07) is 11.4. The number of methoxy groups -OCH3 is 1. The third-order valence-corrected chi connectivity index (χ3v) is 5.27. The van der Waals surface area contributed by atoms with Crippen molar-refractivity contribution in [2.45, 2.75) is 43.6 Å². The van der Waals surface area contributed by atoms with Gasteiger partial charge in [-0.2, -0.15) is 5.26 Å². The zero-order chi connectivity index (χ0) is 14.0. The van der Waals surface area contributed by atoms with Gasteiger partial charge in [-0.25, -0.2) is 0 Å². The fraction of sp³-hybridized carbons (Fsp3) is 0.588. The zero-order valence-electron chi connectivity index (χ0n) is 12.1. The smallest absolute Gasteiger partial charge is 0.119 e. The molecule has 1 aliphatic heterocycles. The number of hydrogen-bond acceptors (Lipinski definition) is 3. The van der Waals surface area contributed by atoms with Crippen LogP contribution < -0.4 is 10.1 Å². The van der Waals surface area contributed by atoms with Gasteiger partial charge in [-0.05, 0) is 49.4 Å². The van der Waals surface area contributed by atoms with Crippen molar-refractivity contribution in [3.05, 3.63) is 29.8 Å². The molecule has 0 spiro atoms. The number of nitrogens with zero attached hydrogens (tertiary/aromatic N) is 1. The van der Waals surface area contributed by atoms with E-state index in [1.807, 2.05) is 6.07 Å². The van der Waals surface area contributed by atoms with E-state index in [1.54, 1.807) is 7.11 Å². The lowest BCUT2D eigenvalue weighted by Gasteiger charge is -2.52. The van der Waals surface area contributed by atoms with Gasteiger partial charge in [0, 0.05) is 17.9 Å². The highest BCUT2D eigenvalue weighted by Gasteiger charge is 2.48. The molecule has 106 valence electrons. The molecule has 3 nitrogen and oxygen atoms in total. The lowest BCUT2D eigenvalue weighted by molar-refractivity contribution is 0.0909. The Balaban J connectivity index is 2.03. The van der Waals surface area contributed by atoms with Gasteiger partial charge >= 0.3 is 0 Å². The first-order valence-electron chi connectivity index (χ1n) is 7.55. The van der Waals surface area contributed by atoms with Crippen LogP contribution >= 0.6 is 0 Å². The van der Waals surface area contributed by atoms with E-state index in [4.69, 9.17) is 4.74 Å². The van der Waals surface area contributed by atoms with Crippen LogP contribution in [-0.2, 0) is 5.41 Å². The van der Waals surface area contributed by atoms with Crippen LogP contribution in [0.15, 0.2) is 24.3 Å². The van der Waals surface area contributed by atoms with Gasteiger partial charge < -0.3 is 10.1 Å². The van der Waals surface area contributed by atoms with Crippen molar-refractivity contribution in [2.75, 3.05) is 13.7 Å². The number of rotatable bonds is 3. The van der Waals surface area contributed by atoms with E-state index >= 15 is 0 Å². The third kappa shape index (κ3) is 2.09. The maximum atomic E-state index is 9.23. The highest BCUT2D eigenvalue weighted by Crippen LogP contribution is 2.50. The molecule has 2 bridgehead atoms. The molecular weight excluding hydrogens is 248 g/mol. The first kappa shape index (κ1) is 13.5. The monoisotopic (exact) mass is 270 g/mol. The zero-order valence-corrected chi connectivity index (χ0v) is 12.1. The topological polar surface area (TPSA) is 45.0 Å². The second kappa shape index (κ2) is 5.46. The highest BCUT2D eigenvalue weighted by molar-refractivity contribution is 5.36. The molecule has 1 N–H and O–H groups in total. The van der Waals surface area contributed by atoms with E-state index < -0.39 is 0 Å². The number of nitriles is 1. The van der Waals surface area contributed by atoms with Crippen molar-refractivity contribution in [1.29, 1.82) is 5.26 Å². The fourth-order valence-electron chi connectivity index (χ4n) is 4.32. The predicted molar refractivity (Wildman–Crippen MR) is 78.7 cm³/mol. The number of benzene rings is 1. The maximum Gasteiger partial charge on any atom is 0.119 e. The molecular formula is C17H22N2O. The quantitative estimate of drug-likeness (QED) is 0.918. The molecule has 1 aromatic carbocycles. The van der Waals surface area contributed by atoms with Crippen LogP contribution in [0.5, 0.6) is 5.75 Å². The molecule has 20 heavy (non-hydrogen) atoms. The minimum absolute atomic E-state index is 0.165. The summed E-state index contributed by atoms with van der Waals surface area (Å²) in [5.74, 6) is 1.36. The number of fused-ring (bicyclic) bond motifs is 2. The van der Waals surface area contributed by atoms with E-state index in [0.717, 1.165) is 18.7 Å². The Kier molecular flexibility index (Phi) is 3.67. The van der Waals surface area contributed by atoms with Crippen LogP contribution in [0.2, 0.25) is 0 Å². The van der Waals surface area contributed by atoms with Gasteiger partial charge in [0.2, 0.25) is 0 Å². The Hall–Kier alpha value is -1.53. The average molecular weight is 270 g/mol. The molecule has 0 radical (unpaired) electrons. The molecule has 0 aromatic heterocycles. The Labute approximate surface area is 120 Å². The van der Waals surface area contributed by atoms with Crippen molar-refractivity contribution in [1.82, 2.24) is 5.32 Å². The van der Waals surface area contributed by atoms with Gasteiger partial charge in [-0.15, -0.1) is 0 Å². The summed E-state index contributed by atoms with van der Waals surface area (Å²) in [7, 11) is 1.72. The lowest BCUT2D eigenvalue weighted by Crippen LogP contribution is -2.56. The number of piperidine rings is 1. The second-order valence-corrected chi connectivity index (χ2v) is 6.06. The summed E-state index contributed by atoms with van der Waals surface area (Å²) in [6.07, 6.45) is 5.43. The van der Waals surface area contributed by atoms with Gasteiger partial charge in [0.15, 0.2) is 0 Å². The summed E-state index contributed by atoms with van der Waals surface area (Å²) in [6.45, 7) is 1.06. The summed E-state index contributed by atoms with van der Waals surface area (Å²) in [4.78, 5) is 0. The summed E-state index contributed by atoms with van der Waals surface area (Å²) in [5, 5.41) is 12.9. The van der Waals surface area contributed by atoms with Gasteiger partial charge in [0.05, 0.1) is 13.2 Å². The fourth-order valence-corrected chi connectivity index (χ4v) is 4.32. The molecule has 1 heterocycles. The Morgan fingerprint density at radius 1 is 1.45 bits per heavy atom. The van der Waals surface area contributed by atoms with E-state index in [9.17, 15) is 5.26 Å². The molecule has 3 rings (SSSR count). The molecule has 1 aromatic rings. The van der Waals surface area contributed by atoms with Crippen molar-refractivity contribution < 1.29 is 4.74 Å². The minimum Gasteiger partial charge on any atom is -0.497 e. The van der Waals surface area contributed by atoms with E-state index in [2.05, 4.69) is 29.6 Å². The largest absolute Gasteiger partial charge is 0.497 e. The molecule has 1 saturated carbocycles. The van der Waals surface area contributed by atoms with Crippen LogP contribution in [0.3, 0.4) is 0 Å². The van der Waals surface area contributed by atoms with E-state index in [1.165, 1.54) is 24.8 Å². The molecule has 3 heteroatoms. The Morgan fingerprint density at radius 3 is 3.15 bits per heavy atom. The lowest BCUT2D eigenvalue weighted by atomic mass is 9.56. The third-order valence-electron chi connectivity index (χ3n) is 5.27. The van der Waals surface area contributed by atoms with Gasteiger partial charge in [0.1, 0.15) is 5.75 Å². The summed E-state index contributed by atoms with van der Waals surface area (Å²) < 4.78 is 5.39. The summed E-state index contributed by atoms with van der Waals surface area (Å²) >= 11 is 0. The predicted octanol–water partition coefficient (Wildman–Crippen LogP) is 3.01. The van der Waals surface area contributed by atoms with Crippen LogP contribution in [-0.4, -0.2) is 19.7 Å². The standard InChI is InChI=1S/C17H22N2O/c1-20-14-5-2-4-13(12-14)17-8-3-6-16(19-11-9-17)15(17)7-10-18/h2,4-5,12,15-16,19H,3,6-9,11H2,1H3/t15-,16-,17-/m0/s1. The minimum atomic E-state index is 0.165. The van der Waals surface area contributed by atoms with Crippen molar-refractivity contribution >= 4 is 0 Å². The maximum absolute atomic E-state index is 9.23. The van der Waals surface area contributed by atoms with E-state index in [0.29, 0.717) is 18.4 Å². The average Bonchev–Trinajstić information content (AvgIpc) is 2.48. The molecule has 0 amide bonds. The molecule has 1 saturated heterocycles. The number of hydrogen-bond donors (Lipinski definition) is 1. The number of nitrogens with one attached hydrogen (secondary N) is 1. The Morgan fingerprint density at radius 2 is 2.35 bits per heavy atom. The first-order valence-corrected chi connectivity index (χ1v) is 7.55. The van der Waals surface area contributed by atoms with Gasteiger partial charge in [-0.1, -0.05) is 18.6 Å².